The molecule has 1 aromatic carbocycles. The summed E-state index contributed by atoms with van der Waals surface area (Å²) in [5, 5.41) is 11.6. The van der Waals surface area contributed by atoms with Crippen LogP contribution in [0.4, 0.5) is 5.00 Å². The van der Waals surface area contributed by atoms with Crippen LogP contribution in [0, 0.1) is 0 Å². The van der Waals surface area contributed by atoms with Crippen molar-refractivity contribution < 1.29 is 9.90 Å². The minimum atomic E-state index is -0.711. The minimum Gasteiger partial charge on any atom is -0.481 e. The third-order valence-electron chi connectivity index (χ3n) is 4.65. The van der Waals surface area contributed by atoms with Gasteiger partial charge in [-0.1, -0.05) is 31.4 Å². The summed E-state index contributed by atoms with van der Waals surface area (Å²) in [5.74, 6) is -0.711. The highest BCUT2D eigenvalue weighted by atomic mass is 32.1. The minimum absolute atomic E-state index is 0.204. The molecule has 0 radical (unpaired) electrons. The molecule has 0 bridgehead atoms. The lowest BCUT2D eigenvalue weighted by Crippen LogP contribution is -2.49. The van der Waals surface area contributed by atoms with E-state index in [4.69, 9.17) is 0 Å². The Morgan fingerprint density at radius 1 is 1.33 bits per heavy atom. The lowest BCUT2D eigenvalue weighted by molar-refractivity contribution is -0.138. The van der Waals surface area contributed by atoms with Crippen molar-refractivity contribution in [3.8, 4) is 0 Å². The number of benzene rings is 1. The van der Waals surface area contributed by atoms with E-state index < -0.39 is 5.97 Å². The second-order valence-corrected chi connectivity index (χ2v) is 6.67. The van der Waals surface area contributed by atoms with Crippen LogP contribution in [0.1, 0.15) is 38.5 Å². The number of carbonyl (C=O) groups is 1. The van der Waals surface area contributed by atoms with Crippen LogP contribution in [-0.2, 0) is 4.79 Å². The summed E-state index contributed by atoms with van der Waals surface area (Å²) in [7, 11) is 2.04. The van der Waals surface area contributed by atoms with Crippen molar-refractivity contribution in [2.45, 2.75) is 44.1 Å². The molecule has 0 saturated heterocycles. The van der Waals surface area contributed by atoms with Gasteiger partial charge in [0.05, 0.1) is 17.5 Å². The molecule has 0 aliphatic heterocycles. The summed E-state index contributed by atoms with van der Waals surface area (Å²) >= 11 is 1.47. The number of nitrogens with zero attached hydrogens (tertiary/aromatic N) is 2. The molecule has 1 aliphatic rings. The van der Waals surface area contributed by atoms with Crippen LogP contribution in [0.2, 0.25) is 0 Å². The zero-order chi connectivity index (χ0) is 14.9. The van der Waals surface area contributed by atoms with Gasteiger partial charge in [0.2, 0.25) is 0 Å². The Bertz CT molecular complexity index is 647. The third-order valence-corrected chi connectivity index (χ3v) is 5.60. The lowest BCUT2D eigenvalue weighted by Gasteiger charge is -2.44. The largest absolute Gasteiger partial charge is 0.481 e. The van der Waals surface area contributed by atoms with Crippen LogP contribution < -0.4 is 4.90 Å². The number of carboxylic acids is 1. The van der Waals surface area contributed by atoms with Crippen molar-refractivity contribution in [3.05, 3.63) is 24.3 Å². The Morgan fingerprint density at radius 3 is 2.76 bits per heavy atom. The van der Waals surface area contributed by atoms with E-state index in [9.17, 15) is 9.90 Å². The molecule has 1 heterocycles. The van der Waals surface area contributed by atoms with Crippen LogP contribution in [0.3, 0.4) is 0 Å². The Morgan fingerprint density at radius 2 is 2.05 bits per heavy atom. The topological polar surface area (TPSA) is 53.4 Å². The molecule has 3 rings (SSSR count). The summed E-state index contributed by atoms with van der Waals surface area (Å²) in [6, 6.07) is 8.08. The van der Waals surface area contributed by atoms with E-state index in [-0.39, 0.29) is 12.0 Å². The van der Waals surface area contributed by atoms with Gasteiger partial charge in [-0.25, -0.2) is 0 Å². The van der Waals surface area contributed by atoms with Gasteiger partial charge in [-0.2, -0.15) is 4.37 Å². The predicted molar refractivity (Wildman–Crippen MR) is 86.1 cm³/mol. The number of hydrogen-bond acceptors (Lipinski definition) is 4. The van der Waals surface area contributed by atoms with Gasteiger partial charge in [-0.05, 0) is 36.5 Å². The van der Waals surface area contributed by atoms with Gasteiger partial charge in [0.1, 0.15) is 5.00 Å². The molecule has 1 aliphatic carbocycles. The SMILES string of the molecule is CN(c1snc2ccccc12)C1(CC(=O)O)CCCCC1. The fraction of sp³-hybridized carbons (Fsp3) is 0.500. The highest BCUT2D eigenvalue weighted by Crippen LogP contribution is 2.42. The maximum atomic E-state index is 11.4. The Balaban J connectivity index is 2.00. The standard InChI is InChI=1S/C16H20N2O2S/c1-18(15-12-7-3-4-8-13(12)17-21-15)16(11-14(19)20)9-5-2-6-10-16/h3-4,7-8H,2,5-6,9-11H2,1H3,(H,19,20). The number of hydrogen-bond donors (Lipinski definition) is 1. The number of carboxylic acid groups (broad SMARTS) is 1. The molecule has 112 valence electrons. The van der Waals surface area contributed by atoms with Crippen LogP contribution in [-0.4, -0.2) is 28.0 Å². The molecule has 21 heavy (non-hydrogen) atoms. The lowest BCUT2D eigenvalue weighted by atomic mass is 9.78. The van der Waals surface area contributed by atoms with Crippen molar-refractivity contribution >= 4 is 33.4 Å². The predicted octanol–water partition coefficient (Wildman–Crippen LogP) is 3.91. The molecule has 1 aromatic heterocycles. The van der Waals surface area contributed by atoms with E-state index in [2.05, 4.69) is 15.3 Å². The van der Waals surface area contributed by atoms with Gasteiger partial charge in [-0.15, -0.1) is 0 Å². The van der Waals surface area contributed by atoms with E-state index in [1.807, 2.05) is 25.2 Å². The zero-order valence-electron chi connectivity index (χ0n) is 12.2. The molecular formula is C16H20N2O2S. The molecule has 0 spiro atoms. The fourth-order valence-electron chi connectivity index (χ4n) is 3.46. The van der Waals surface area contributed by atoms with E-state index in [0.29, 0.717) is 0 Å². The number of aliphatic carboxylic acids is 1. The molecule has 4 nitrogen and oxygen atoms in total. The summed E-state index contributed by atoms with van der Waals surface area (Å²) in [6.07, 6.45) is 5.52. The Labute approximate surface area is 128 Å². The molecule has 1 fully saturated rings. The first-order chi connectivity index (χ1) is 10.1. The van der Waals surface area contributed by atoms with Crippen LogP contribution in [0.25, 0.3) is 10.9 Å². The fourth-order valence-corrected chi connectivity index (χ4v) is 4.39. The van der Waals surface area contributed by atoms with Crippen molar-refractivity contribution in [3.63, 3.8) is 0 Å². The first kappa shape index (κ1) is 14.3. The number of fused-ring (bicyclic) bond motifs is 1. The molecule has 1 saturated carbocycles. The number of anilines is 1. The average molecular weight is 304 g/mol. The summed E-state index contributed by atoms with van der Waals surface area (Å²) in [5.41, 5.74) is 0.727. The van der Waals surface area contributed by atoms with Crippen LogP contribution in [0.15, 0.2) is 24.3 Å². The molecule has 5 heteroatoms. The molecule has 1 N–H and O–H groups in total. The van der Waals surface area contributed by atoms with Crippen LogP contribution in [0.5, 0.6) is 0 Å². The molecule has 0 amide bonds. The van der Waals surface area contributed by atoms with Gasteiger partial charge in [-0.3, -0.25) is 4.79 Å². The first-order valence-electron chi connectivity index (χ1n) is 7.42. The quantitative estimate of drug-likeness (QED) is 0.930. The van der Waals surface area contributed by atoms with E-state index in [1.165, 1.54) is 18.0 Å². The summed E-state index contributed by atoms with van der Waals surface area (Å²) < 4.78 is 4.50. The Hall–Kier alpha value is -1.62. The maximum absolute atomic E-state index is 11.4. The van der Waals surface area contributed by atoms with Crippen molar-refractivity contribution in [1.82, 2.24) is 4.37 Å². The second kappa shape index (κ2) is 5.64. The molecular weight excluding hydrogens is 284 g/mol. The van der Waals surface area contributed by atoms with E-state index >= 15 is 0 Å². The highest BCUT2D eigenvalue weighted by Gasteiger charge is 2.39. The van der Waals surface area contributed by atoms with Gasteiger partial charge in [0, 0.05) is 12.4 Å². The normalized spacial score (nSPS) is 17.8. The molecule has 0 unspecified atom stereocenters. The highest BCUT2D eigenvalue weighted by molar-refractivity contribution is 7.11. The zero-order valence-corrected chi connectivity index (χ0v) is 13.0. The number of rotatable bonds is 4. The Kier molecular flexibility index (Phi) is 3.85. The second-order valence-electron chi connectivity index (χ2n) is 5.92. The van der Waals surface area contributed by atoms with Crippen molar-refractivity contribution in [2.75, 3.05) is 11.9 Å². The van der Waals surface area contributed by atoms with Gasteiger partial charge in [0.15, 0.2) is 0 Å². The van der Waals surface area contributed by atoms with Crippen LogP contribution >= 0.6 is 11.5 Å². The smallest absolute Gasteiger partial charge is 0.305 e. The van der Waals surface area contributed by atoms with Gasteiger partial charge in [0.25, 0.3) is 0 Å². The van der Waals surface area contributed by atoms with E-state index in [0.717, 1.165) is 41.6 Å². The molecule has 2 aromatic rings. The van der Waals surface area contributed by atoms with Crippen molar-refractivity contribution in [2.24, 2.45) is 0 Å². The summed E-state index contributed by atoms with van der Waals surface area (Å²) in [4.78, 5) is 13.6. The maximum Gasteiger partial charge on any atom is 0.305 e. The van der Waals surface area contributed by atoms with Crippen molar-refractivity contribution in [1.29, 1.82) is 0 Å². The monoisotopic (exact) mass is 304 g/mol. The number of aromatic nitrogens is 1. The third kappa shape index (κ3) is 2.62. The summed E-state index contributed by atoms with van der Waals surface area (Å²) in [6.45, 7) is 0. The van der Waals surface area contributed by atoms with E-state index in [1.54, 1.807) is 0 Å². The molecule has 0 atom stereocenters. The van der Waals surface area contributed by atoms with Gasteiger partial charge >= 0.3 is 5.97 Å². The first-order valence-corrected chi connectivity index (χ1v) is 8.20. The van der Waals surface area contributed by atoms with Gasteiger partial charge < -0.3 is 10.0 Å². The average Bonchev–Trinajstić information content (AvgIpc) is 2.90.